The summed E-state index contributed by atoms with van der Waals surface area (Å²) in [6.07, 6.45) is 8.94. The summed E-state index contributed by atoms with van der Waals surface area (Å²) in [7, 11) is 0. The van der Waals surface area contributed by atoms with Crippen molar-refractivity contribution < 1.29 is 0 Å². The number of nitrogens with one attached hydrogen (secondary N) is 1. The van der Waals surface area contributed by atoms with Crippen molar-refractivity contribution in [3.63, 3.8) is 0 Å². The Bertz CT molecular complexity index is 1830. The monoisotopic (exact) mass is 486 g/mol. The summed E-state index contributed by atoms with van der Waals surface area (Å²) in [5.41, 5.74) is 11.2. The SMILES string of the molecule is C1=CC2Nc3c(ccc4c3c3ccccc3n4-c3c(-c4ccccc4)cccc3-c3ccccc3)C2C=C1. The Morgan fingerprint density at radius 3 is 1.95 bits per heavy atom. The van der Waals surface area contributed by atoms with Crippen LogP contribution >= 0.6 is 0 Å². The molecule has 1 aliphatic heterocycles. The number of anilines is 1. The fraction of sp³-hybridized carbons (Fsp3) is 0.0556. The van der Waals surface area contributed by atoms with Gasteiger partial charge in [-0.25, -0.2) is 0 Å². The molecule has 6 aromatic rings. The van der Waals surface area contributed by atoms with Crippen molar-refractivity contribution in [2.75, 3.05) is 5.32 Å². The van der Waals surface area contributed by atoms with Crippen molar-refractivity contribution in [1.82, 2.24) is 4.57 Å². The van der Waals surface area contributed by atoms with Crippen LogP contribution in [-0.2, 0) is 0 Å². The van der Waals surface area contributed by atoms with E-state index in [4.69, 9.17) is 0 Å². The molecule has 2 atom stereocenters. The molecule has 1 N–H and O–H groups in total. The zero-order chi connectivity index (χ0) is 25.1. The maximum atomic E-state index is 3.88. The summed E-state index contributed by atoms with van der Waals surface area (Å²) in [6, 6.07) is 42.0. The first-order valence-corrected chi connectivity index (χ1v) is 13.3. The topological polar surface area (TPSA) is 17.0 Å². The molecule has 0 spiro atoms. The standard InChI is InChI=1S/C36H26N2/c1-3-12-24(13-4-1)26-18-11-19-27(25-14-5-2-6-15-25)36(26)38-32-21-10-8-17-30(32)34-33(38)23-22-29-28-16-7-9-20-31(28)37-35(29)34/h1-23,28,31,37H. The van der Waals surface area contributed by atoms with Gasteiger partial charge in [0.05, 0.1) is 22.8 Å². The van der Waals surface area contributed by atoms with E-state index in [1.807, 2.05) is 0 Å². The van der Waals surface area contributed by atoms with E-state index >= 15 is 0 Å². The molecule has 2 unspecified atom stereocenters. The predicted molar refractivity (Wildman–Crippen MR) is 160 cm³/mol. The molecule has 5 aromatic carbocycles. The van der Waals surface area contributed by atoms with Crippen molar-refractivity contribution in [2.24, 2.45) is 0 Å². The van der Waals surface area contributed by atoms with Gasteiger partial charge < -0.3 is 9.88 Å². The number of hydrogen-bond acceptors (Lipinski definition) is 1. The van der Waals surface area contributed by atoms with Gasteiger partial charge in [0.2, 0.25) is 0 Å². The van der Waals surface area contributed by atoms with Gasteiger partial charge >= 0.3 is 0 Å². The van der Waals surface area contributed by atoms with Crippen LogP contribution in [0.4, 0.5) is 5.69 Å². The van der Waals surface area contributed by atoms with Crippen LogP contribution < -0.4 is 5.32 Å². The molecule has 1 aromatic heterocycles. The summed E-state index contributed by atoms with van der Waals surface area (Å²) >= 11 is 0. The van der Waals surface area contributed by atoms with Crippen LogP contribution in [0.25, 0.3) is 49.7 Å². The maximum Gasteiger partial charge on any atom is 0.0618 e. The minimum atomic E-state index is 0.305. The van der Waals surface area contributed by atoms with Crippen LogP contribution in [0.5, 0.6) is 0 Å². The highest BCUT2D eigenvalue weighted by molar-refractivity contribution is 6.17. The van der Waals surface area contributed by atoms with E-state index in [1.54, 1.807) is 0 Å². The molecule has 0 bridgehead atoms. The van der Waals surface area contributed by atoms with E-state index in [2.05, 4.69) is 149 Å². The lowest BCUT2D eigenvalue weighted by molar-refractivity contribution is 0.805. The Labute approximate surface area is 222 Å². The van der Waals surface area contributed by atoms with E-state index in [1.165, 1.54) is 61.0 Å². The Hall–Kier alpha value is -4.82. The first-order chi connectivity index (χ1) is 18.9. The van der Waals surface area contributed by atoms with Crippen LogP contribution in [0.3, 0.4) is 0 Å². The van der Waals surface area contributed by atoms with Gasteiger partial charge in [-0.15, -0.1) is 0 Å². The van der Waals surface area contributed by atoms with Gasteiger partial charge in [0, 0.05) is 33.5 Å². The molecule has 0 amide bonds. The Kier molecular flexibility index (Phi) is 4.68. The summed E-state index contributed by atoms with van der Waals surface area (Å²) in [5, 5.41) is 6.46. The molecular weight excluding hydrogens is 460 g/mol. The van der Waals surface area contributed by atoms with Crippen LogP contribution in [0.2, 0.25) is 0 Å². The first-order valence-electron chi connectivity index (χ1n) is 13.3. The van der Waals surface area contributed by atoms with Crippen molar-refractivity contribution in [1.29, 1.82) is 0 Å². The third-order valence-corrected chi connectivity index (χ3v) is 8.11. The number of para-hydroxylation sites is 2. The second-order valence-electron chi connectivity index (χ2n) is 10.2. The molecule has 0 saturated carbocycles. The van der Waals surface area contributed by atoms with Crippen LogP contribution in [0.1, 0.15) is 11.5 Å². The second kappa shape index (κ2) is 8.36. The fourth-order valence-electron chi connectivity index (χ4n) is 6.45. The van der Waals surface area contributed by atoms with Gasteiger partial charge in [-0.05, 0) is 28.8 Å². The average Bonchev–Trinajstić information content (AvgIpc) is 3.53. The van der Waals surface area contributed by atoms with E-state index < -0.39 is 0 Å². The molecule has 0 saturated heterocycles. The Morgan fingerprint density at radius 1 is 0.553 bits per heavy atom. The first kappa shape index (κ1) is 21.3. The van der Waals surface area contributed by atoms with Crippen molar-refractivity contribution in [3.8, 4) is 27.9 Å². The minimum absolute atomic E-state index is 0.305. The lowest BCUT2D eigenvalue weighted by Gasteiger charge is -2.19. The summed E-state index contributed by atoms with van der Waals surface area (Å²) in [5.74, 6) is 0.373. The number of hydrogen-bond donors (Lipinski definition) is 1. The fourth-order valence-corrected chi connectivity index (χ4v) is 6.45. The second-order valence-corrected chi connectivity index (χ2v) is 10.2. The zero-order valence-electron chi connectivity index (χ0n) is 20.9. The minimum Gasteiger partial charge on any atom is -0.377 e. The number of allylic oxidation sites excluding steroid dienone is 2. The quantitative estimate of drug-likeness (QED) is 0.264. The van der Waals surface area contributed by atoms with Crippen LogP contribution in [0, 0.1) is 0 Å². The highest BCUT2D eigenvalue weighted by Gasteiger charge is 2.32. The smallest absolute Gasteiger partial charge is 0.0618 e. The number of nitrogens with zero attached hydrogens (tertiary/aromatic N) is 1. The molecule has 38 heavy (non-hydrogen) atoms. The highest BCUT2D eigenvalue weighted by Crippen LogP contribution is 2.48. The molecule has 0 fully saturated rings. The van der Waals surface area contributed by atoms with Gasteiger partial charge in [-0.2, -0.15) is 0 Å². The van der Waals surface area contributed by atoms with Crippen molar-refractivity contribution in [3.05, 3.63) is 145 Å². The van der Waals surface area contributed by atoms with Gasteiger partial charge in [0.1, 0.15) is 0 Å². The highest BCUT2D eigenvalue weighted by atomic mass is 15.0. The van der Waals surface area contributed by atoms with Gasteiger partial charge in [0.25, 0.3) is 0 Å². The lowest BCUT2D eigenvalue weighted by Crippen LogP contribution is -2.17. The lowest BCUT2D eigenvalue weighted by atomic mass is 9.91. The van der Waals surface area contributed by atoms with E-state index in [9.17, 15) is 0 Å². The largest absolute Gasteiger partial charge is 0.377 e. The Balaban J connectivity index is 1.51. The molecule has 180 valence electrons. The summed E-state index contributed by atoms with van der Waals surface area (Å²) in [4.78, 5) is 0. The maximum absolute atomic E-state index is 3.88. The van der Waals surface area contributed by atoms with Crippen molar-refractivity contribution >= 4 is 27.5 Å². The number of benzene rings is 5. The molecule has 1 aliphatic carbocycles. The zero-order valence-corrected chi connectivity index (χ0v) is 20.9. The van der Waals surface area contributed by atoms with Crippen molar-refractivity contribution in [2.45, 2.75) is 12.0 Å². The number of fused-ring (bicyclic) bond motifs is 7. The van der Waals surface area contributed by atoms with Gasteiger partial charge in [0.15, 0.2) is 0 Å². The van der Waals surface area contributed by atoms with Gasteiger partial charge in [-0.1, -0.05) is 127 Å². The summed E-state index contributed by atoms with van der Waals surface area (Å²) in [6.45, 7) is 0. The van der Waals surface area contributed by atoms with E-state index in [0.717, 1.165) is 0 Å². The predicted octanol–water partition coefficient (Wildman–Crippen LogP) is 9.12. The number of aromatic nitrogens is 1. The molecular formula is C36H26N2. The molecule has 2 aliphatic rings. The molecule has 2 nitrogen and oxygen atoms in total. The molecule has 2 heteroatoms. The van der Waals surface area contributed by atoms with E-state index in [0.29, 0.717) is 12.0 Å². The van der Waals surface area contributed by atoms with E-state index in [-0.39, 0.29) is 0 Å². The summed E-state index contributed by atoms with van der Waals surface area (Å²) < 4.78 is 2.49. The van der Waals surface area contributed by atoms with Gasteiger partial charge in [-0.3, -0.25) is 0 Å². The van der Waals surface area contributed by atoms with Crippen LogP contribution in [0.15, 0.2) is 140 Å². The third kappa shape index (κ3) is 3.07. The Morgan fingerprint density at radius 2 is 1.21 bits per heavy atom. The normalized spacial score (nSPS) is 17.5. The third-order valence-electron chi connectivity index (χ3n) is 8.11. The number of rotatable bonds is 3. The molecule has 8 rings (SSSR count). The van der Waals surface area contributed by atoms with Crippen LogP contribution in [-0.4, -0.2) is 10.6 Å². The average molecular weight is 487 g/mol. The molecule has 0 radical (unpaired) electrons. The molecule has 2 heterocycles.